The molecule has 110 valence electrons. The van der Waals surface area contributed by atoms with Crippen molar-refractivity contribution < 1.29 is 9.53 Å². The number of hydrogen-bond acceptors (Lipinski definition) is 5. The molecule has 0 radical (unpaired) electrons. The monoisotopic (exact) mass is 295 g/mol. The van der Waals surface area contributed by atoms with Gasteiger partial charge in [0.05, 0.1) is 18.4 Å². The molecule has 0 saturated heterocycles. The zero-order valence-electron chi connectivity index (χ0n) is 11.6. The number of ether oxygens (including phenoxy) is 1. The molecule has 0 spiro atoms. The molecule has 1 N–H and O–H groups in total. The predicted octanol–water partition coefficient (Wildman–Crippen LogP) is 1.95. The summed E-state index contributed by atoms with van der Waals surface area (Å²) in [6, 6.07) is 12.5. The molecule has 3 aromatic rings. The summed E-state index contributed by atoms with van der Waals surface area (Å²) in [6.45, 7) is 0.233. The molecule has 0 bridgehead atoms. The number of benzene rings is 1. The van der Waals surface area contributed by atoms with Crippen molar-refractivity contribution >= 4 is 6.09 Å². The van der Waals surface area contributed by atoms with E-state index in [0.29, 0.717) is 11.4 Å². The van der Waals surface area contributed by atoms with E-state index >= 15 is 0 Å². The number of para-hydroxylation sites is 1. The molecule has 0 aliphatic carbocycles. The summed E-state index contributed by atoms with van der Waals surface area (Å²) in [5.74, 6) is 0.487. The molecule has 2 aromatic heterocycles. The number of hydrogen-bond donors (Lipinski definition) is 1. The lowest BCUT2D eigenvalue weighted by Gasteiger charge is -2.04. The van der Waals surface area contributed by atoms with Crippen molar-refractivity contribution in [3.63, 3.8) is 0 Å². The summed E-state index contributed by atoms with van der Waals surface area (Å²) in [5, 5.41) is 10.6. The van der Waals surface area contributed by atoms with E-state index in [1.165, 1.54) is 0 Å². The number of nitrogens with zero attached hydrogens (tertiary/aromatic N) is 4. The van der Waals surface area contributed by atoms with Gasteiger partial charge in [-0.3, -0.25) is 4.98 Å². The number of amides is 1. The second kappa shape index (κ2) is 6.49. The first-order chi connectivity index (χ1) is 10.8. The second-order valence-electron chi connectivity index (χ2n) is 4.42. The lowest BCUT2D eigenvalue weighted by molar-refractivity contribution is 0.200. The summed E-state index contributed by atoms with van der Waals surface area (Å²) in [7, 11) is 0. The normalized spacial score (nSPS) is 10.2. The highest BCUT2D eigenvalue weighted by molar-refractivity contribution is 5.70. The highest BCUT2D eigenvalue weighted by atomic mass is 16.6. The van der Waals surface area contributed by atoms with Gasteiger partial charge in [0.1, 0.15) is 11.4 Å². The fourth-order valence-corrected chi connectivity index (χ4v) is 1.80. The first-order valence-electron chi connectivity index (χ1n) is 6.63. The minimum atomic E-state index is -0.537. The largest absolute Gasteiger partial charge is 0.412 e. The molecule has 22 heavy (non-hydrogen) atoms. The van der Waals surface area contributed by atoms with Crippen LogP contribution >= 0.6 is 0 Å². The Morgan fingerprint density at radius 3 is 2.68 bits per heavy atom. The molecule has 0 aliphatic rings. The Morgan fingerprint density at radius 1 is 1.14 bits per heavy atom. The van der Waals surface area contributed by atoms with Crippen molar-refractivity contribution in [3.8, 4) is 11.4 Å². The van der Waals surface area contributed by atoms with Gasteiger partial charge in [-0.25, -0.2) is 9.48 Å². The number of pyridine rings is 1. The molecule has 7 nitrogen and oxygen atoms in total. The minimum Gasteiger partial charge on any atom is -0.410 e. The lowest BCUT2D eigenvalue weighted by Crippen LogP contribution is -2.26. The fourth-order valence-electron chi connectivity index (χ4n) is 1.80. The number of carbonyl (C=O) groups is 1. The van der Waals surface area contributed by atoms with Gasteiger partial charge in [0.2, 0.25) is 0 Å². The zero-order chi connectivity index (χ0) is 15.2. The van der Waals surface area contributed by atoms with Crippen LogP contribution < -0.4 is 10.1 Å². The van der Waals surface area contributed by atoms with Crippen molar-refractivity contribution in [3.05, 3.63) is 66.7 Å². The van der Waals surface area contributed by atoms with E-state index in [4.69, 9.17) is 4.74 Å². The van der Waals surface area contributed by atoms with Crippen LogP contribution in [-0.4, -0.2) is 26.1 Å². The van der Waals surface area contributed by atoms with Crippen LogP contribution in [0.2, 0.25) is 0 Å². The summed E-state index contributed by atoms with van der Waals surface area (Å²) in [4.78, 5) is 15.6. The number of rotatable bonds is 4. The molecular weight excluding hydrogens is 282 g/mol. The number of nitrogens with one attached hydrogen (secondary N) is 1. The Hall–Kier alpha value is -3.22. The molecule has 0 aliphatic heterocycles. The Balaban J connectivity index is 1.56. The highest BCUT2D eigenvalue weighted by Gasteiger charge is 2.07. The topological polar surface area (TPSA) is 81.9 Å². The SMILES string of the molecule is O=C(NCc1cn(-c2ccncc2)nn1)Oc1ccccc1. The van der Waals surface area contributed by atoms with E-state index in [-0.39, 0.29) is 6.54 Å². The van der Waals surface area contributed by atoms with Crippen LogP contribution in [0.5, 0.6) is 5.75 Å². The van der Waals surface area contributed by atoms with Gasteiger partial charge in [-0.05, 0) is 24.3 Å². The van der Waals surface area contributed by atoms with Crippen LogP contribution in [-0.2, 0) is 6.54 Å². The van der Waals surface area contributed by atoms with Gasteiger partial charge in [-0.15, -0.1) is 5.10 Å². The summed E-state index contributed by atoms with van der Waals surface area (Å²) in [5.41, 5.74) is 1.47. The maximum absolute atomic E-state index is 11.7. The van der Waals surface area contributed by atoms with Gasteiger partial charge in [-0.2, -0.15) is 0 Å². The van der Waals surface area contributed by atoms with Gasteiger partial charge in [0, 0.05) is 12.4 Å². The first kappa shape index (κ1) is 13.7. The van der Waals surface area contributed by atoms with Crippen LogP contribution in [0.25, 0.3) is 5.69 Å². The molecule has 0 saturated carbocycles. The average Bonchev–Trinajstić information content (AvgIpc) is 3.04. The van der Waals surface area contributed by atoms with Gasteiger partial charge in [0.15, 0.2) is 0 Å². The van der Waals surface area contributed by atoms with Crippen LogP contribution in [0, 0.1) is 0 Å². The van der Waals surface area contributed by atoms with Crippen LogP contribution in [0.1, 0.15) is 5.69 Å². The molecule has 1 amide bonds. The highest BCUT2D eigenvalue weighted by Crippen LogP contribution is 2.08. The van der Waals surface area contributed by atoms with E-state index in [1.54, 1.807) is 47.5 Å². The lowest BCUT2D eigenvalue weighted by atomic mass is 10.3. The van der Waals surface area contributed by atoms with E-state index in [9.17, 15) is 4.79 Å². The van der Waals surface area contributed by atoms with Crippen LogP contribution in [0.15, 0.2) is 61.1 Å². The van der Waals surface area contributed by atoms with Crippen molar-refractivity contribution in [1.82, 2.24) is 25.3 Å². The Bertz CT molecular complexity index is 743. The smallest absolute Gasteiger partial charge is 0.410 e. The predicted molar refractivity (Wildman–Crippen MR) is 78.5 cm³/mol. The third-order valence-corrected chi connectivity index (χ3v) is 2.84. The van der Waals surface area contributed by atoms with Crippen molar-refractivity contribution in [2.24, 2.45) is 0 Å². The fraction of sp³-hybridized carbons (Fsp3) is 0.0667. The number of aromatic nitrogens is 4. The van der Waals surface area contributed by atoms with Crippen LogP contribution in [0.3, 0.4) is 0 Å². The van der Waals surface area contributed by atoms with Gasteiger partial charge < -0.3 is 10.1 Å². The van der Waals surface area contributed by atoms with E-state index < -0.39 is 6.09 Å². The quantitative estimate of drug-likeness (QED) is 0.795. The molecule has 0 fully saturated rings. The average molecular weight is 295 g/mol. The second-order valence-corrected chi connectivity index (χ2v) is 4.42. The molecular formula is C15H13N5O2. The Labute approximate surface area is 126 Å². The molecule has 7 heteroatoms. The van der Waals surface area contributed by atoms with E-state index in [1.807, 2.05) is 18.2 Å². The first-order valence-corrected chi connectivity index (χ1v) is 6.63. The zero-order valence-corrected chi connectivity index (χ0v) is 11.6. The van der Waals surface area contributed by atoms with E-state index in [2.05, 4.69) is 20.6 Å². The molecule has 2 heterocycles. The molecule has 0 unspecified atom stereocenters. The molecule has 0 atom stereocenters. The third kappa shape index (κ3) is 3.45. The third-order valence-electron chi connectivity index (χ3n) is 2.84. The summed E-state index contributed by atoms with van der Waals surface area (Å²) in [6.07, 6.45) is 4.54. The van der Waals surface area contributed by atoms with Crippen molar-refractivity contribution in [2.75, 3.05) is 0 Å². The van der Waals surface area contributed by atoms with Crippen LogP contribution in [0.4, 0.5) is 4.79 Å². The Kier molecular flexibility index (Phi) is 4.05. The maximum atomic E-state index is 11.7. The molecule has 3 rings (SSSR count). The summed E-state index contributed by atoms with van der Waals surface area (Å²) >= 11 is 0. The number of carbonyl (C=O) groups excluding carboxylic acids is 1. The van der Waals surface area contributed by atoms with Gasteiger partial charge >= 0.3 is 6.09 Å². The minimum absolute atomic E-state index is 0.233. The maximum Gasteiger partial charge on any atom is 0.412 e. The van der Waals surface area contributed by atoms with Gasteiger partial charge in [0.25, 0.3) is 0 Å². The Morgan fingerprint density at radius 2 is 1.91 bits per heavy atom. The van der Waals surface area contributed by atoms with Crippen molar-refractivity contribution in [2.45, 2.75) is 6.54 Å². The molecule has 1 aromatic carbocycles. The standard InChI is InChI=1S/C15H13N5O2/c21-15(22-14-4-2-1-3-5-14)17-10-12-11-20(19-18-12)13-6-8-16-9-7-13/h1-9,11H,10H2,(H,17,21). The summed E-state index contributed by atoms with van der Waals surface area (Å²) < 4.78 is 6.73. The van der Waals surface area contributed by atoms with Crippen molar-refractivity contribution in [1.29, 1.82) is 0 Å². The van der Waals surface area contributed by atoms with E-state index in [0.717, 1.165) is 5.69 Å². The van der Waals surface area contributed by atoms with Gasteiger partial charge in [-0.1, -0.05) is 23.4 Å².